The molecule has 1 N–H and O–H groups in total. The summed E-state index contributed by atoms with van der Waals surface area (Å²) in [6, 6.07) is 13.9. The van der Waals surface area contributed by atoms with Crippen molar-refractivity contribution in [2.45, 2.75) is 13.5 Å². The lowest BCUT2D eigenvalue weighted by atomic mass is 10.1. The van der Waals surface area contributed by atoms with Gasteiger partial charge in [0, 0.05) is 40.6 Å². The minimum Gasteiger partial charge on any atom is -0.495 e. The van der Waals surface area contributed by atoms with Crippen LogP contribution < -0.4 is 14.8 Å². The quantitative estimate of drug-likeness (QED) is 0.267. The zero-order chi connectivity index (χ0) is 24.4. The van der Waals surface area contributed by atoms with Crippen molar-refractivity contribution in [1.29, 1.82) is 0 Å². The number of halogens is 2. The van der Waals surface area contributed by atoms with Crippen LogP contribution in [0.1, 0.15) is 21.6 Å². The Bertz CT molecular complexity index is 1400. The van der Waals surface area contributed by atoms with Gasteiger partial charge in [-0.15, -0.1) is 0 Å². The molecule has 2 aromatic heterocycles. The molecule has 0 spiro atoms. The van der Waals surface area contributed by atoms with Gasteiger partial charge >= 0.3 is 0 Å². The number of ketones is 1. The van der Waals surface area contributed by atoms with E-state index in [0.29, 0.717) is 50.5 Å². The van der Waals surface area contributed by atoms with Crippen molar-refractivity contribution in [2.75, 3.05) is 19.5 Å². The summed E-state index contributed by atoms with van der Waals surface area (Å²) >= 11 is 12.4. The van der Waals surface area contributed by atoms with E-state index in [1.807, 2.05) is 16.7 Å². The molecule has 0 aliphatic rings. The number of carbonyl (C=O) groups is 2. The molecule has 9 heteroatoms. The molecule has 1 amide bonds. The number of amides is 1. The molecule has 0 saturated carbocycles. The molecule has 0 fully saturated rings. The number of ether oxygens (including phenoxy) is 2. The zero-order valence-electron chi connectivity index (χ0n) is 18.7. The van der Waals surface area contributed by atoms with Crippen molar-refractivity contribution in [3.63, 3.8) is 0 Å². The number of anilines is 1. The Balaban J connectivity index is 1.78. The molecule has 0 aliphatic carbocycles. The number of hydrogen-bond acceptors (Lipinski definition) is 5. The van der Waals surface area contributed by atoms with Gasteiger partial charge in [-0.2, -0.15) is 0 Å². The van der Waals surface area contributed by atoms with Gasteiger partial charge in [0.15, 0.2) is 0 Å². The first-order valence-electron chi connectivity index (χ1n) is 10.3. The second-order valence-electron chi connectivity index (χ2n) is 7.55. The van der Waals surface area contributed by atoms with E-state index in [-0.39, 0.29) is 5.56 Å². The number of benzene rings is 2. The smallest absolute Gasteiger partial charge is 0.296 e. The van der Waals surface area contributed by atoms with Crippen LogP contribution in [-0.4, -0.2) is 35.5 Å². The van der Waals surface area contributed by atoms with Gasteiger partial charge in [-0.05, 0) is 42.8 Å². The summed E-state index contributed by atoms with van der Waals surface area (Å²) < 4.78 is 12.4. The number of nitrogens with one attached hydrogen (secondary N) is 1. The lowest BCUT2D eigenvalue weighted by molar-refractivity contribution is -0.112. The molecule has 174 valence electrons. The van der Waals surface area contributed by atoms with Gasteiger partial charge in [0.2, 0.25) is 5.88 Å². The molecule has 4 rings (SSSR count). The van der Waals surface area contributed by atoms with Crippen LogP contribution in [0, 0.1) is 6.92 Å². The number of aromatic nitrogens is 2. The largest absolute Gasteiger partial charge is 0.495 e. The van der Waals surface area contributed by atoms with Crippen LogP contribution in [0.25, 0.3) is 10.9 Å². The van der Waals surface area contributed by atoms with Crippen LogP contribution in [0.2, 0.25) is 10.0 Å². The molecule has 2 aromatic carbocycles. The van der Waals surface area contributed by atoms with Crippen LogP contribution >= 0.6 is 23.2 Å². The van der Waals surface area contributed by atoms with Gasteiger partial charge in [-0.25, -0.2) is 4.98 Å². The summed E-state index contributed by atoms with van der Waals surface area (Å²) in [6.45, 7) is 2.25. The van der Waals surface area contributed by atoms with E-state index in [2.05, 4.69) is 10.3 Å². The van der Waals surface area contributed by atoms with Crippen molar-refractivity contribution < 1.29 is 19.1 Å². The van der Waals surface area contributed by atoms with Crippen LogP contribution in [0.5, 0.6) is 11.6 Å². The maximum Gasteiger partial charge on any atom is 0.296 e. The Labute approximate surface area is 206 Å². The highest BCUT2D eigenvalue weighted by molar-refractivity contribution is 6.49. The topological polar surface area (TPSA) is 82.5 Å². The van der Waals surface area contributed by atoms with E-state index in [1.165, 1.54) is 26.5 Å². The van der Waals surface area contributed by atoms with Crippen LogP contribution in [-0.2, 0) is 11.3 Å². The van der Waals surface area contributed by atoms with Crippen molar-refractivity contribution in [1.82, 2.24) is 9.55 Å². The third-order valence-corrected chi connectivity index (χ3v) is 6.03. The number of fused-ring (bicyclic) bond motifs is 1. The molecule has 0 unspecified atom stereocenters. The standard InChI is InChI=1S/C25H21Cl2N3O4/c1-14-23(24(31)25(32)29-17-8-9-28-22(10-17)34-3)18-11-21(33-2)19(27)12-20(18)30(14)13-15-4-6-16(26)7-5-15/h4-12H,13H2,1-3H3,(H,28,29,32). The molecular weight excluding hydrogens is 477 g/mol. The summed E-state index contributed by atoms with van der Waals surface area (Å²) in [4.78, 5) is 30.3. The first kappa shape index (κ1) is 23.6. The monoisotopic (exact) mass is 497 g/mol. The van der Waals surface area contributed by atoms with E-state index in [1.54, 1.807) is 37.3 Å². The first-order chi connectivity index (χ1) is 16.3. The molecular formula is C25H21Cl2N3O4. The van der Waals surface area contributed by atoms with E-state index >= 15 is 0 Å². The lowest BCUT2D eigenvalue weighted by Gasteiger charge is -2.10. The summed E-state index contributed by atoms with van der Waals surface area (Å²) in [6.07, 6.45) is 1.48. The average Bonchev–Trinajstić information content (AvgIpc) is 3.09. The van der Waals surface area contributed by atoms with E-state index in [4.69, 9.17) is 32.7 Å². The SMILES string of the molecule is COc1cc(NC(=O)C(=O)c2c(C)n(Cc3ccc(Cl)cc3)c3cc(Cl)c(OC)cc23)ccn1. The van der Waals surface area contributed by atoms with E-state index in [0.717, 1.165) is 5.56 Å². The molecule has 0 radical (unpaired) electrons. The maximum absolute atomic E-state index is 13.4. The summed E-state index contributed by atoms with van der Waals surface area (Å²) in [5, 5.41) is 4.22. The summed E-state index contributed by atoms with van der Waals surface area (Å²) in [5.41, 5.74) is 2.98. The predicted octanol–water partition coefficient (Wildman–Crippen LogP) is 5.54. The van der Waals surface area contributed by atoms with Crippen molar-refractivity contribution in [3.05, 3.63) is 81.6 Å². The molecule has 0 aliphatic heterocycles. The van der Waals surface area contributed by atoms with Crippen LogP contribution in [0.3, 0.4) is 0 Å². The number of nitrogens with zero attached hydrogens (tertiary/aromatic N) is 2. The fourth-order valence-corrected chi connectivity index (χ4v) is 4.16. The van der Waals surface area contributed by atoms with Gasteiger partial charge in [-0.3, -0.25) is 9.59 Å². The molecule has 0 atom stereocenters. The van der Waals surface area contributed by atoms with Crippen molar-refractivity contribution >= 4 is 51.5 Å². The predicted molar refractivity (Wildman–Crippen MR) is 133 cm³/mol. The highest BCUT2D eigenvalue weighted by Gasteiger charge is 2.26. The first-order valence-corrected chi connectivity index (χ1v) is 11.0. The summed E-state index contributed by atoms with van der Waals surface area (Å²) in [7, 11) is 2.96. The van der Waals surface area contributed by atoms with Gasteiger partial charge < -0.3 is 19.4 Å². The molecule has 7 nitrogen and oxygen atoms in total. The minimum atomic E-state index is -0.782. The van der Waals surface area contributed by atoms with Crippen LogP contribution in [0.4, 0.5) is 5.69 Å². The average molecular weight is 498 g/mol. The minimum absolute atomic E-state index is 0.275. The fraction of sp³-hybridized carbons (Fsp3) is 0.160. The third kappa shape index (κ3) is 4.58. The second kappa shape index (κ2) is 9.75. The molecule has 0 bridgehead atoms. The maximum atomic E-state index is 13.4. The number of hydrogen-bond donors (Lipinski definition) is 1. The number of methoxy groups -OCH3 is 2. The Morgan fingerprint density at radius 3 is 2.44 bits per heavy atom. The fourth-order valence-electron chi connectivity index (χ4n) is 3.80. The lowest BCUT2D eigenvalue weighted by Crippen LogP contribution is -2.23. The van der Waals surface area contributed by atoms with Gasteiger partial charge in [0.25, 0.3) is 11.7 Å². The zero-order valence-corrected chi connectivity index (χ0v) is 20.2. The van der Waals surface area contributed by atoms with Crippen molar-refractivity contribution in [2.24, 2.45) is 0 Å². The Hall–Kier alpha value is -3.55. The third-order valence-electron chi connectivity index (χ3n) is 5.49. The number of pyridine rings is 1. The molecule has 4 aromatic rings. The number of Topliss-reactive ketones (excluding diaryl/α,β-unsaturated/α-hetero) is 1. The van der Waals surface area contributed by atoms with Gasteiger partial charge in [-0.1, -0.05) is 35.3 Å². The van der Waals surface area contributed by atoms with Gasteiger partial charge in [0.05, 0.1) is 30.3 Å². The van der Waals surface area contributed by atoms with Crippen molar-refractivity contribution in [3.8, 4) is 11.6 Å². The Kier molecular flexibility index (Phi) is 6.77. The van der Waals surface area contributed by atoms with E-state index in [9.17, 15) is 9.59 Å². The van der Waals surface area contributed by atoms with Crippen LogP contribution in [0.15, 0.2) is 54.7 Å². The summed E-state index contributed by atoms with van der Waals surface area (Å²) in [5.74, 6) is -0.736. The Morgan fingerprint density at radius 2 is 1.76 bits per heavy atom. The molecule has 2 heterocycles. The number of carbonyl (C=O) groups excluding carboxylic acids is 2. The van der Waals surface area contributed by atoms with Gasteiger partial charge in [0.1, 0.15) is 5.75 Å². The molecule has 0 saturated heterocycles. The highest BCUT2D eigenvalue weighted by atomic mass is 35.5. The number of rotatable bonds is 7. The van der Waals surface area contributed by atoms with E-state index < -0.39 is 11.7 Å². The normalized spacial score (nSPS) is 10.9. The Morgan fingerprint density at radius 1 is 1.03 bits per heavy atom. The molecule has 34 heavy (non-hydrogen) atoms. The second-order valence-corrected chi connectivity index (χ2v) is 8.39. The highest BCUT2D eigenvalue weighted by Crippen LogP contribution is 2.35.